The van der Waals surface area contributed by atoms with E-state index in [1.54, 1.807) is 6.07 Å². The molecule has 3 fully saturated rings. The Morgan fingerprint density at radius 1 is 1.17 bits per heavy atom. The zero-order valence-corrected chi connectivity index (χ0v) is 17.1. The molecular formula is C23H27N3O4. The maximum atomic E-state index is 12.9. The van der Waals surface area contributed by atoms with Gasteiger partial charge in [0.25, 0.3) is 5.91 Å². The zero-order chi connectivity index (χ0) is 20.8. The van der Waals surface area contributed by atoms with Crippen molar-refractivity contribution in [3.05, 3.63) is 35.6 Å². The maximum absolute atomic E-state index is 12.9. The van der Waals surface area contributed by atoms with Gasteiger partial charge in [-0.2, -0.15) is 0 Å². The highest BCUT2D eigenvalue weighted by Crippen LogP contribution is 2.31. The standard InChI is InChI=1S/C23H27N3O4/c1-13-9-15-3-2-4-18(21(15)30-13)22(28)24-17-7-5-14(6-8-17)23(29)26-11-16-10-20(27)25-19(16)12-26/h2-4,9,14,16-17,19H,5-8,10-12H2,1H3,(H,24,28)(H,25,27)/t14?,16-,17?,19+/m0/s1. The average molecular weight is 409 g/mol. The van der Waals surface area contributed by atoms with Crippen molar-refractivity contribution >= 4 is 28.7 Å². The summed E-state index contributed by atoms with van der Waals surface area (Å²) in [6.45, 7) is 3.20. The van der Waals surface area contributed by atoms with E-state index in [0.29, 0.717) is 30.7 Å². The third kappa shape index (κ3) is 3.46. The number of benzene rings is 1. The van der Waals surface area contributed by atoms with E-state index in [2.05, 4.69) is 10.6 Å². The first-order valence-electron chi connectivity index (χ1n) is 10.9. The molecule has 3 amide bonds. The summed E-state index contributed by atoms with van der Waals surface area (Å²) < 4.78 is 5.72. The number of para-hydroxylation sites is 1. The molecule has 5 rings (SSSR count). The summed E-state index contributed by atoms with van der Waals surface area (Å²) in [5.41, 5.74) is 1.19. The van der Waals surface area contributed by atoms with Gasteiger partial charge in [0, 0.05) is 42.8 Å². The van der Waals surface area contributed by atoms with Gasteiger partial charge in [-0.15, -0.1) is 0 Å². The third-order valence-corrected chi connectivity index (χ3v) is 6.87. The minimum Gasteiger partial charge on any atom is -0.461 e. The van der Waals surface area contributed by atoms with Crippen LogP contribution in [0.3, 0.4) is 0 Å². The quantitative estimate of drug-likeness (QED) is 0.814. The van der Waals surface area contributed by atoms with Crippen molar-refractivity contribution in [2.75, 3.05) is 13.1 Å². The van der Waals surface area contributed by atoms with E-state index < -0.39 is 0 Å². The van der Waals surface area contributed by atoms with Gasteiger partial charge in [-0.25, -0.2) is 0 Å². The largest absolute Gasteiger partial charge is 0.461 e. The van der Waals surface area contributed by atoms with E-state index in [1.807, 2.05) is 30.0 Å². The predicted molar refractivity (Wildman–Crippen MR) is 111 cm³/mol. The van der Waals surface area contributed by atoms with Gasteiger partial charge in [0.2, 0.25) is 11.8 Å². The second-order valence-corrected chi connectivity index (χ2v) is 8.98. The highest BCUT2D eigenvalue weighted by atomic mass is 16.3. The molecular weight excluding hydrogens is 382 g/mol. The second kappa shape index (κ2) is 7.45. The molecule has 7 nitrogen and oxygen atoms in total. The van der Waals surface area contributed by atoms with Gasteiger partial charge in [-0.1, -0.05) is 12.1 Å². The van der Waals surface area contributed by atoms with Gasteiger partial charge in [-0.3, -0.25) is 14.4 Å². The van der Waals surface area contributed by atoms with E-state index in [1.165, 1.54) is 0 Å². The fourth-order valence-electron chi connectivity index (χ4n) is 5.30. The molecule has 0 unspecified atom stereocenters. The molecule has 158 valence electrons. The summed E-state index contributed by atoms with van der Waals surface area (Å²) in [6.07, 6.45) is 3.70. The average Bonchev–Trinajstić information content (AvgIpc) is 3.39. The summed E-state index contributed by atoms with van der Waals surface area (Å²) in [4.78, 5) is 39.2. The van der Waals surface area contributed by atoms with Crippen LogP contribution in [0.4, 0.5) is 0 Å². The molecule has 3 heterocycles. The Morgan fingerprint density at radius 2 is 1.97 bits per heavy atom. The van der Waals surface area contributed by atoms with Crippen LogP contribution in [-0.4, -0.2) is 47.8 Å². The second-order valence-electron chi connectivity index (χ2n) is 8.98. The number of nitrogens with one attached hydrogen (secondary N) is 2. The van der Waals surface area contributed by atoms with Crippen LogP contribution in [0.25, 0.3) is 11.0 Å². The summed E-state index contributed by atoms with van der Waals surface area (Å²) in [5, 5.41) is 7.04. The van der Waals surface area contributed by atoms with E-state index in [-0.39, 0.29) is 41.6 Å². The van der Waals surface area contributed by atoms with E-state index >= 15 is 0 Å². The van der Waals surface area contributed by atoms with Gasteiger partial charge < -0.3 is 20.0 Å². The fraction of sp³-hybridized carbons (Fsp3) is 0.522. The lowest BCUT2D eigenvalue weighted by Crippen LogP contribution is -2.43. The summed E-state index contributed by atoms with van der Waals surface area (Å²) in [5.74, 6) is 1.27. The van der Waals surface area contributed by atoms with Crippen molar-refractivity contribution in [1.29, 1.82) is 0 Å². The molecule has 0 spiro atoms. The van der Waals surface area contributed by atoms with Gasteiger partial charge in [0.05, 0.1) is 11.6 Å². The number of hydrogen-bond acceptors (Lipinski definition) is 4. The lowest BCUT2D eigenvalue weighted by atomic mass is 9.85. The highest BCUT2D eigenvalue weighted by molar-refractivity contribution is 6.05. The monoisotopic (exact) mass is 409 g/mol. The van der Waals surface area contributed by atoms with Crippen LogP contribution in [0.15, 0.2) is 28.7 Å². The Labute approximate surface area is 175 Å². The molecule has 2 aromatic rings. The predicted octanol–water partition coefficient (Wildman–Crippen LogP) is 2.38. The van der Waals surface area contributed by atoms with E-state index in [0.717, 1.165) is 36.8 Å². The summed E-state index contributed by atoms with van der Waals surface area (Å²) >= 11 is 0. The van der Waals surface area contributed by atoms with Crippen molar-refractivity contribution in [3.8, 4) is 0 Å². The SMILES string of the molecule is Cc1cc2cccc(C(=O)NC3CCC(C(=O)N4C[C@@H]5CC(=O)N[C@@H]5C4)CC3)c2o1. The molecule has 2 aliphatic heterocycles. The van der Waals surface area contributed by atoms with Crippen LogP contribution in [0.1, 0.15) is 48.2 Å². The number of carbonyl (C=O) groups excluding carboxylic acids is 3. The third-order valence-electron chi connectivity index (χ3n) is 6.87. The number of furan rings is 1. The molecule has 0 radical (unpaired) electrons. The van der Waals surface area contributed by atoms with Crippen LogP contribution in [0.5, 0.6) is 0 Å². The van der Waals surface area contributed by atoms with Crippen molar-refractivity contribution in [3.63, 3.8) is 0 Å². The van der Waals surface area contributed by atoms with Crippen molar-refractivity contribution < 1.29 is 18.8 Å². The molecule has 1 saturated carbocycles. The van der Waals surface area contributed by atoms with Crippen LogP contribution in [0, 0.1) is 18.8 Å². The number of rotatable bonds is 3. The Hall–Kier alpha value is -2.83. The lowest BCUT2D eigenvalue weighted by molar-refractivity contribution is -0.136. The number of nitrogens with zero attached hydrogens (tertiary/aromatic N) is 1. The topological polar surface area (TPSA) is 91.7 Å². The first-order chi connectivity index (χ1) is 14.5. The first kappa shape index (κ1) is 19.2. The molecule has 1 aliphatic carbocycles. The fourth-order valence-corrected chi connectivity index (χ4v) is 5.30. The molecule has 2 atom stereocenters. The molecule has 2 N–H and O–H groups in total. The summed E-state index contributed by atoms with van der Waals surface area (Å²) in [7, 11) is 0. The van der Waals surface area contributed by atoms with Crippen LogP contribution in [0.2, 0.25) is 0 Å². The first-order valence-corrected chi connectivity index (χ1v) is 10.9. The van der Waals surface area contributed by atoms with Crippen molar-refractivity contribution in [2.45, 2.75) is 51.1 Å². The Balaban J connectivity index is 1.16. The van der Waals surface area contributed by atoms with Crippen LogP contribution in [-0.2, 0) is 9.59 Å². The number of fused-ring (bicyclic) bond motifs is 2. The number of carbonyl (C=O) groups is 3. The van der Waals surface area contributed by atoms with Gasteiger partial charge >= 0.3 is 0 Å². The van der Waals surface area contributed by atoms with Gasteiger partial charge in [-0.05, 0) is 44.7 Å². The minimum atomic E-state index is -0.118. The number of hydrogen-bond donors (Lipinski definition) is 2. The minimum absolute atomic E-state index is 0.0174. The molecule has 2 saturated heterocycles. The van der Waals surface area contributed by atoms with Crippen LogP contribution < -0.4 is 10.6 Å². The summed E-state index contributed by atoms with van der Waals surface area (Å²) in [6, 6.07) is 7.74. The maximum Gasteiger partial charge on any atom is 0.255 e. The molecule has 30 heavy (non-hydrogen) atoms. The van der Waals surface area contributed by atoms with Gasteiger partial charge in [0.15, 0.2) is 0 Å². The Kier molecular flexibility index (Phi) is 4.76. The Bertz CT molecular complexity index is 989. The number of likely N-dealkylation sites (tertiary alicyclic amines) is 1. The van der Waals surface area contributed by atoms with E-state index in [9.17, 15) is 14.4 Å². The molecule has 1 aromatic heterocycles. The van der Waals surface area contributed by atoms with E-state index in [4.69, 9.17) is 4.42 Å². The van der Waals surface area contributed by atoms with Crippen molar-refractivity contribution in [1.82, 2.24) is 15.5 Å². The number of aryl methyl sites for hydroxylation is 1. The smallest absolute Gasteiger partial charge is 0.255 e. The molecule has 3 aliphatic rings. The molecule has 7 heteroatoms. The van der Waals surface area contributed by atoms with Crippen LogP contribution >= 0.6 is 0 Å². The highest BCUT2D eigenvalue weighted by Gasteiger charge is 2.43. The molecule has 1 aromatic carbocycles. The molecule has 0 bridgehead atoms. The lowest BCUT2D eigenvalue weighted by Gasteiger charge is -2.31. The van der Waals surface area contributed by atoms with Crippen molar-refractivity contribution in [2.24, 2.45) is 11.8 Å². The Morgan fingerprint density at radius 3 is 2.73 bits per heavy atom. The normalized spacial score (nSPS) is 28.4. The zero-order valence-electron chi connectivity index (χ0n) is 17.1. The number of amides is 3. The van der Waals surface area contributed by atoms with Gasteiger partial charge in [0.1, 0.15) is 11.3 Å².